The first-order chi connectivity index (χ1) is 6.09. The van der Waals surface area contributed by atoms with E-state index in [0.29, 0.717) is 16.9 Å². The van der Waals surface area contributed by atoms with Crippen LogP contribution in [0.5, 0.6) is 0 Å². The molecule has 13 heavy (non-hydrogen) atoms. The van der Waals surface area contributed by atoms with Crippen LogP contribution in [0.2, 0.25) is 0 Å². The van der Waals surface area contributed by atoms with Gasteiger partial charge in [-0.05, 0) is 17.7 Å². The monoisotopic (exact) mass is 180 g/mol. The van der Waals surface area contributed by atoms with Gasteiger partial charge in [0, 0.05) is 12.7 Å². The van der Waals surface area contributed by atoms with Crippen LogP contribution in [0.4, 0.5) is 15.8 Å². The Hall–Kier alpha value is -1.58. The molecule has 1 aromatic rings. The van der Waals surface area contributed by atoms with E-state index >= 15 is 0 Å². The summed E-state index contributed by atoms with van der Waals surface area (Å²) in [5.74, 6) is -0.525. The highest BCUT2D eigenvalue weighted by atomic mass is 19.1. The van der Waals surface area contributed by atoms with E-state index in [4.69, 9.17) is 5.73 Å². The SMILES string of the molecule is CN1C(=O)Cc2cc(N)cc(F)c21. The van der Waals surface area contributed by atoms with Crippen molar-refractivity contribution in [3.8, 4) is 0 Å². The lowest BCUT2D eigenvalue weighted by molar-refractivity contribution is -0.117. The average Bonchev–Trinajstić information content (AvgIpc) is 2.27. The maximum atomic E-state index is 13.3. The molecule has 0 atom stereocenters. The lowest BCUT2D eigenvalue weighted by atomic mass is 10.1. The molecule has 1 aliphatic rings. The first kappa shape index (κ1) is 8.04. The van der Waals surface area contributed by atoms with Gasteiger partial charge in [-0.1, -0.05) is 0 Å². The Labute approximate surface area is 74.9 Å². The van der Waals surface area contributed by atoms with E-state index in [1.807, 2.05) is 0 Å². The summed E-state index contributed by atoms with van der Waals surface area (Å²) in [4.78, 5) is 12.5. The van der Waals surface area contributed by atoms with Crippen LogP contribution in [-0.4, -0.2) is 13.0 Å². The van der Waals surface area contributed by atoms with Gasteiger partial charge in [0.15, 0.2) is 0 Å². The minimum Gasteiger partial charge on any atom is -0.399 e. The summed E-state index contributed by atoms with van der Waals surface area (Å²) in [6, 6.07) is 2.87. The number of hydrogen-bond acceptors (Lipinski definition) is 2. The predicted molar refractivity (Wildman–Crippen MR) is 47.9 cm³/mol. The largest absolute Gasteiger partial charge is 0.399 e. The van der Waals surface area contributed by atoms with Crippen molar-refractivity contribution in [2.24, 2.45) is 0 Å². The summed E-state index contributed by atoms with van der Waals surface area (Å²) >= 11 is 0. The van der Waals surface area contributed by atoms with Crippen molar-refractivity contribution in [2.45, 2.75) is 6.42 Å². The van der Waals surface area contributed by atoms with Crippen LogP contribution < -0.4 is 10.6 Å². The molecule has 1 aliphatic heterocycles. The molecule has 0 spiro atoms. The lowest BCUT2D eigenvalue weighted by Crippen LogP contribution is -2.21. The zero-order valence-electron chi connectivity index (χ0n) is 7.17. The van der Waals surface area contributed by atoms with Crippen molar-refractivity contribution >= 4 is 17.3 Å². The molecule has 0 saturated carbocycles. The minimum atomic E-state index is -0.427. The van der Waals surface area contributed by atoms with Gasteiger partial charge in [-0.3, -0.25) is 4.79 Å². The molecule has 2 rings (SSSR count). The van der Waals surface area contributed by atoms with Crippen LogP contribution in [0.1, 0.15) is 5.56 Å². The van der Waals surface area contributed by atoms with Crippen molar-refractivity contribution in [2.75, 3.05) is 17.7 Å². The van der Waals surface area contributed by atoms with Crippen molar-refractivity contribution in [1.82, 2.24) is 0 Å². The van der Waals surface area contributed by atoms with E-state index in [0.717, 1.165) is 0 Å². The minimum absolute atomic E-state index is 0.0977. The molecule has 2 N–H and O–H groups in total. The average molecular weight is 180 g/mol. The van der Waals surface area contributed by atoms with E-state index in [-0.39, 0.29) is 12.3 Å². The molecule has 0 fully saturated rings. The highest BCUT2D eigenvalue weighted by Crippen LogP contribution is 2.32. The van der Waals surface area contributed by atoms with Gasteiger partial charge in [0.1, 0.15) is 5.82 Å². The lowest BCUT2D eigenvalue weighted by Gasteiger charge is -2.10. The van der Waals surface area contributed by atoms with Gasteiger partial charge in [0.05, 0.1) is 12.1 Å². The van der Waals surface area contributed by atoms with Crippen LogP contribution in [0.15, 0.2) is 12.1 Å². The zero-order valence-corrected chi connectivity index (χ0v) is 7.17. The standard InChI is InChI=1S/C9H9FN2O/c1-12-8(13)3-5-2-6(11)4-7(10)9(5)12/h2,4H,3,11H2,1H3. The number of rotatable bonds is 0. The third kappa shape index (κ3) is 1.06. The Morgan fingerprint density at radius 3 is 2.92 bits per heavy atom. The van der Waals surface area contributed by atoms with Crippen LogP contribution in [0.25, 0.3) is 0 Å². The molecule has 0 aliphatic carbocycles. The topological polar surface area (TPSA) is 46.3 Å². The van der Waals surface area contributed by atoms with Gasteiger partial charge in [0.2, 0.25) is 5.91 Å². The number of anilines is 2. The van der Waals surface area contributed by atoms with Crippen LogP contribution in [0, 0.1) is 5.82 Å². The number of carbonyl (C=O) groups excluding carboxylic acids is 1. The number of carbonyl (C=O) groups is 1. The Morgan fingerprint density at radius 2 is 2.23 bits per heavy atom. The number of nitrogens with two attached hydrogens (primary N) is 1. The number of amides is 1. The number of likely N-dealkylation sites (N-methyl/N-ethyl adjacent to an activating group) is 1. The number of hydrogen-bond donors (Lipinski definition) is 1. The third-order valence-electron chi connectivity index (χ3n) is 2.22. The molecule has 0 unspecified atom stereocenters. The second kappa shape index (κ2) is 2.45. The molecule has 0 aromatic heterocycles. The number of nitrogen functional groups attached to an aromatic ring is 1. The molecular weight excluding hydrogens is 171 g/mol. The molecule has 1 aromatic carbocycles. The molecule has 4 heteroatoms. The van der Waals surface area contributed by atoms with Crippen molar-refractivity contribution < 1.29 is 9.18 Å². The van der Waals surface area contributed by atoms with E-state index in [2.05, 4.69) is 0 Å². The molecule has 68 valence electrons. The Kier molecular flexibility index (Phi) is 1.52. The quantitative estimate of drug-likeness (QED) is 0.603. The zero-order chi connectivity index (χ0) is 9.59. The molecule has 1 amide bonds. The highest BCUT2D eigenvalue weighted by molar-refractivity contribution is 6.01. The van der Waals surface area contributed by atoms with Crippen molar-refractivity contribution in [1.29, 1.82) is 0 Å². The van der Waals surface area contributed by atoms with E-state index < -0.39 is 5.82 Å². The van der Waals surface area contributed by atoms with Gasteiger partial charge in [0.25, 0.3) is 0 Å². The summed E-state index contributed by atoms with van der Waals surface area (Å²) in [5, 5.41) is 0. The first-order valence-electron chi connectivity index (χ1n) is 3.94. The molecule has 0 saturated heterocycles. The maximum absolute atomic E-state index is 13.3. The fraction of sp³-hybridized carbons (Fsp3) is 0.222. The smallest absolute Gasteiger partial charge is 0.231 e. The Bertz CT molecular complexity index is 389. The van der Waals surface area contributed by atoms with Gasteiger partial charge >= 0.3 is 0 Å². The number of halogens is 1. The van der Waals surface area contributed by atoms with Crippen molar-refractivity contribution in [3.05, 3.63) is 23.5 Å². The normalized spacial score (nSPS) is 14.9. The molecule has 3 nitrogen and oxygen atoms in total. The van der Waals surface area contributed by atoms with E-state index in [1.54, 1.807) is 13.1 Å². The first-order valence-corrected chi connectivity index (χ1v) is 3.94. The summed E-state index contributed by atoms with van der Waals surface area (Å²) < 4.78 is 13.3. The van der Waals surface area contributed by atoms with Crippen molar-refractivity contribution in [3.63, 3.8) is 0 Å². The summed E-state index contributed by atoms with van der Waals surface area (Å²) in [6.45, 7) is 0. The number of nitrogens with zero attached hydrogens (tertiary/aromatic N) is 1. The van der Waals surface area contributed by atoms with E-state index in [1.165, 1.54) is 11.0 Å². The molecular formula is C9H9FN2O. The molecule has 1 heterocycles. The summed E-state index contributed by atoms with van der Waals surface area (Å²) in [5.41, 5.74) is 6.84. The van der Waals surface area contributed by atoms with E-state index in [9.17, 15) is 9.18 Å². The van der Waals surface area contributed by atoms with Gasteiger partial charge in [-0.2, -0.15) is 0 Å². The fourth-order valence-corrected chi connectivity index (χ4v) is 1.60. The second-order valence-corrected chi connectivity index (χ2v) is 3.14. The third-order valence-corrected chi connectivity index (χ3v) is 2.22. The summed E-state index contributed by atoms with van der Waals surface area (Å²) in [6.07, 6.45) is 0.244. The van der Waals surface area contributed by atoms with Gasteiger partial charge in [-0.25, -0.2) is 4.39 Å². The number of benzene rings is 1. The summed E-state index contributed by atoms with van der Waals surface area (Å²) in [7, 11) is 1.56. The molecule has 0 bridgehead atoms. The highest BCUT2D eigenvalue weighted by Gasteiger charge is 2.27. The predicted octanol–water partition coefficient (Wildman–Crippen LogP) is 0.927. The van der Waals surface area contributed by atoms with Crippen LogP contribution in [0.3, 0.4) is 0 Å². The number of fused-ring (bicyclic) bond motifs is 1. The Balaban J connectivity index is 2.64. The van der Waals surface area contributed by atoms with Gasteiger partial charge in [-0.15, -0.1) is 0 Å². The van der Waals surface area contributed by atoms with Crippen LogP contribution in [-0.2, 0) is 11.2 Å². The second-order valence-electron chi connectivity index (χ2n) is 3.14. The molecule has 0 radical (unpaired) electrons. The van der Waals surface area contributed by atoms with Gasteiger partial charge < -0.3 is 10.6 Å². The maximum Gasteiger partial charge on any atom is 0.231 e. The fourth-order valence-electron chi connectivity index (χ4n) is 1.60. The Morgan fingerprint density at radius 1 is 1.54 bits per heavy atom. The van der Waals surface area contributed by atoms with Crippen LogP contribution >= 0.6 is 0 Å².